The van der Waals surface area contributed by atoms with Crippen molar-refractivity contribution in [2.24, 2.45) is 0 Å². The second-order valence-corrected chi connectivity index (χ2v) is 6.07. The third kappa shape index (κ3) is 3.28. The fourth-order valence-corrected chi connectivity index (χ4v) is 3.01. The summed E-state index contributed by atoms with van der Waals surface area (Å²) in [5, 5.41) is 1.02. The van der Waals surface area contributed by atoms with Crippen LogP contribution < -0.4 is 9.47 Å². The van der Waals surface area contributed by atoms with Crippen molar-refractivity contribution in [2.45, 2.75) is 12.5 Å². The number of hydrogen-bond donors (Lipinski definition) is 0. The lowest BCUT2D eigenvalue weighted by Crippen LogP contribution is -2.31. The van der Waals surface area contributed by atoms with Crippen LogP contribution in [0, 0.1) is 0 Å². The van der Waals surface area contributed by atoms with Crippen LogP contribution in [-0.2, 0) is 0 Å². The predicted molar refractivity (Wildman–Crippen MR) is 95.3 cm³/mol. The molecule has 1 unspecified atom stereocenters. The van der Waals surface area contributed by atoms with Crippen LogP contribution >= 0.6 is 0 Å². The first-order valence-corrected chi connectivity index (χ1v) is 8.41. The SMILES string of the molecule is COc1cncc(OC2CCN(C(=O)c3ccc4ccccc4n3)C2)n1. The van der Waals surface area contributed by atoms with Crippen LogP contribution in [0.15, 0.2) is 48.8 Å². The summed E-state index contributed by atoms with van der Waals surface area (Å²) in [5.74, 6) is 0.708. The molecule has 2 aromatic heterocycles. The van der Waals surface area contributed by atoms with Gasteiger partial charge < -0.3 is 14.4 Å². The number of pyridine rings is 1. The monoisotopic (exact) mass is 350 g/mol. The number of methoxy groups -OCH3 is 1. The second kappa shape index (κ2) is 6.95. The van der Waals surface area contributed by atoms with Crippen LogP contribution in [0.3, 0.4) is 0 Å². The molecule has 132 valence electrons. The third-order valence-corrected chi connectivity index (χ3v) is 4.34. The molecule has 26 heavy (non-hydrogen) atoms. The Morgan fingerprint density at radius 3 is 2.85 bits per heavy atom. The highest BCUT2D eigenvalue weighted by Crippen LogP contribution is 2.20. The van der Waals surface area contributed by atoms with Gasteiger partial charge in [-0.3, -0.25) is 9.78 Å². The number of rotatable bonds is 4. The standard InChI is InChI=1S/C19H18N4O3/c1-25-17-10-20-11-18(22-17)26-14-8-9-23(12-14)19(24)16-7-6-13-4-2-3-5-15(13)21-16/h2-7,10-11,14H,8-9,12H2,1H3. The van der Waals surface area contributed by atoms with Crippen LogP contribution in [0.2, 0.25) is 0 Å². The summed E-state index contributed by atoms with van der Waals surface area (Å²) in [6, 6.07) is 11.4. The minimum atomic E-state index is -0.124. The van der Waals surface area contributed by atoms with Crippen molar-refractivity contribution in [1.29, 1.82) is 0 Å². The smallest absolute Gasteiger partial charge is 0.272 e. The Labute approximate surface area is 150 Å². The lowest BCUT2D eigenvalue weighted by atomic mass is 10.2. The molecule has 0 saturated carbocycles. The zero-order valence-corrected chi connectivity index (χ0v) is 14.3. The number of fused-ring (bicyclic) bond motifs is 1. The van der Waals surface area contributed by atoms with Crippen LogP contribution in [0.1, 0.15) is 16.9 Å². The molecule has 0 radical (unpaired) electrons. The van der Waals surface area contributed by atoms with Gasteiger partial charge in [0.15, 0.2) is 0 Å². The fourth-order valence-electron chi connectivity index (χ4n) is 3.01. The van der Waals surface area contributed by atoms with E-state index in [0.29, 0.717) is 30.5 Å². The molecule has 3 heterocycles. The van der Waals surface area contributed by atoms with E-state index < -0.39 is 0 Å². The molecule has 0 spiro atoms. The fraction of sp³-hybridized carbons (Fsp3) is 0.263. The summed E-state index contributed by atoms with van der Waals surface area (Å²) in [4.78, 5) is 27.2. The Morgan fingerprint density at radius 2 is 1.96 bits per heavy atom. The molecule has 1 aromatic carbocycles. The highest BCUT2D eigenvalue weighted by molar-refractivity contribution is 5.95. The molecule has 7 heteroatoms. The number of benzene rings is 1. The number of aromatic nitrogens is 3. The zero-order valence-electron chi connectivity index (χ0n) is 14.3. The number of likely N-dealkylation sites (tertiary alicyclic amines) is 1. The van der Waals surface area contributed by atoms with E-state index in [0.717, 1.165) is 17.3 Å². The Bertz CT molecular complexity index is 947. The van der Waals surface area contributed by atoms with Crippen molar-refractivity contribution < 1.29 is 14.3 Å². The van der Waals surface area contributed by atoms with Gasteiger partial charge in [0.25, 0.3) is 5.91 Å². The van der Waals surface area contributed by atoms with Gasteiger partial charge in [0.2, 0.25) is 11.8 Å². The van der Waals surface area contributed by atoms with Gasteiger partial charge in [0.05, 0.1) is 31.6 Å². The molecule has 4 rings (SSSR count). The molecule has 1 aliphatic heterocycles. The summed E-state index contributed by atoms with van der Waals surface area (Å²) in [7, 11) is 1.53. The number of carbonyl (C=O) groups excluding carboxylic acids is 1. The average Bonchev–Trinajstić information content (AvgIpc) is 3.15. The van der Waals surface area contributed by atoms with Crippen molar-refractivity contribution in [3.63, 3.8) is 0 Å². The minimum Gasteiger partial charge on any atom is -0.480 e. The van der Waals surface area contributed by atoms with Gasteiger partial charge in [-0.25, -0.2) is 4.98 Å². The number of nitrogens with zero attached hydrogens (tertiary/aromatic N) is 4. The van der Waals surface area contributed by atoms with Gasteiger partial charge in [-0.1, -0.05) is 24.3 Å². The van der Waals surface area contributed by atoms with Crippen molar-refractivity contribution in [3.05, 3.63) is 54.5 Å². The lowest BCUT2D eigenvalue weighted by molar-refractivity contribution is 0.0765. The summed E-state index contributed by atoms with van der Waals surface area (Å²) in [6.07, 6.45) is 3.67. The highest BCUT2D eigenvalue weighted by Gasteiger charge is 2.29. The van der Waals surface area contributed by atoms with Crippen LogP contribution in [0.5, 0.6) is 11.8 Å². The summed E-state index contributed by atoms with van der Waals surface area (Å²) >= 11 is 0. The minimum absolute atomic E-state index is 0.0846. The molecule has 1 saturated heterocycles. The van der Waals surface area contributed by atoms with Crippen LogP contribution in [-0.4, -0.2) is 52.1 Å². The first kappa shape index (κ1) is 16.3. The Kier molecular flexibility index (Phi) is 4.35. The molecule has 0 bridgehead atoms. The molecule has 7 nitrogen and oxygen atoms in total. The van der Waals surface area contributed by atoms with Crippen molar-refractivity contribution in [3.8, 4) is 11.8 Å². The molecular formula is C19H18N4O3. The Hall–Kier alpha value is -3.22. The highest BCUT2D eigenvalue weighted by atomic mass is 16.5. The van der Waals surface area contributed by atoms with Gasteiger partial charge in [-0.2, -0.15) is 4.98 Å². The molecular weight excluding hydrogens is 332 g/mol. The quantitative estimate of drug-likeness (QED) is 0.719. The second-order valence-electron chi connectivity index (χ2n) is 6.07. The van der Waals surface area contributed by atoms with E-state index in [1.165, 1.54) is 19.5 Å². The number of para-hydroxylation sites is 1. The van der Waals surface area contributed by atoms with Gasteiger partial charge in [0.1, 0.15) is 11.8 Å². The topological polar surface area (TPSA) is 77.4 Å². The van der Waals surface area contributed by atoms with E-state index in [1.807, 2.05) is 30.3 Å². The average molecular weight is 350 g/mol. The predicted octanol–water partition coefficient (Wildman–Crippen LogP) is 2.33. The zero-order chi connectivity index (χ0) is 17.9. The number of amides is 1. The Balaban J connectivity index is 1.44. The maximum absolute atomic E-state index is 12.7. The van der Waals surface area contributed by atoms with Crippen molar-refractivity contribution in [2.75, 3.05) is 20.2 Å². The molecule has 1 fully saturated rings. The summed E-state index contributed by atoms with van der Waals surface area (Å²) in [5.41, 5.74) is 1.27. The van der Waals surface area contributed by atoms with Gasteiger partial charge in [-0.15, -0.1) is 0 Å². The number of hydrogen-bond acceptors (Lipinski definition) is 6. The van der Waals surface area contributed by atoms with E-state index in [-0.39, 0.29) is 12.0 Å². The molecule has 3 aromatic rings. The lowest BCUT2D eigenvalue weighted by Gasteiger charge is -2.16. The van der Waals surface area contributed by atoms with Crippen LogP contribution in [0.25, 0.3) is 10.9 Å². The van der Waals surface area contributed by atoms with E-state index in [1.54, 1.807) is 11.0 Å². The maximum Gasteiger partial charge on any atom is 0.272 e. The Morgan fingerprint density at radius 1 is 1.12 bits per heavy atom. The van der Waals surface area contributed by atoms with Crippen LogP contribution in [0.4, 0.5) is 0 Å². The van der Waals surface area contributed by atoms with Gasteiger partial charge in [0, 0.05) is 18.4 Å². The van der Waals surface area contributed by atoms with E-state index in [2.05, 4.69) is 15.0 Å². The van der Waals surface area contributed by atoms with E-state index in [9.17, 15) is 4.79 Å². The number of carbonyl (C=O) groups is 1. The summed E-state index contributed by atoms with van der Waals surface area (Å²) in [6.45, 7) is 1.11. The first-order valence-electron chi connectivity index (χ1n) is 8.41. The third-order valence-electron chi connectivity index (χ3n) is 4.34. The van der Waals surface area contributed by atoms with Crippen molar-refractivity contribution >= 4 is 16.8 Å². The first-order chi connectivity index (χ1) is 12.7. The van der Waals surface area contributed by atoms with E-state index in [4.69, 9.17) is 9.47 Å². The maximum atomic E-state index is 12.7. The summed E-state index contributed by atoms with van der Waals surface area (Å²) < 4.78 is 10.9. The molecule has 1 atom stereocenters. The van der Waals surface area contributed by atoms with E-state index >= 15 is 0 Å². The molecule has 1 aliphatic rings. The molecule has 0 aliphatic carbocycles. The molecule has 0 N–H and O–H groups in total. The van der Waals surface area contributed by atoms with Gasteiger partial charge in [-0.05, 0) is 12.1 Å². The largest absolute Gasteiger partial charge is 0.480 e. The number of ether oxygens (including phenoxy) is 2. The normalized spacial score (nSPS) is 16.7. The van der Waals surface area contributed by atoms with Crippen molar-refractivity contribution in [1.82, 2.24) is 19.9 Å². The molecule has 1 amide bonds. The van der Waals surface area contributed by atoms with Gasteiger partial charge >= 0.3 is 0 Å².